The van der Waals surface area contributed by atoms with Gasteiger partial charge in [0.15, 0.2) is 0 Å². The molecule has 0 saturated heterocycles. The van der Waals surface area contributed by atoms with Crippen LogP contribution >= 0.6 is 11.6 Å². The molecule has 0 unspecified atom stereocenters. The number of halogens is 1. The summed E-state index contributed by atoms with van der Waals surface area (Å²) in [5.41, 5.74) is 2.18. The van der Waals surface area contributed by atoms with Gasteiger partial charge >= 0.3 is 0 Å². The number of alkyl halides is 1. The minimum Gasteiger partial charge on any atom is -0.256 e. The van der Waals surface area contributed by atoms with Crippen molar-refractivity contribution >= 4 is 28.6 Å². The van der Waals surface area contributed by atoms with Gasteiger partial charge in [0.25, 0.3) is 0 Å². The lowest BCUT2D eigenvalue weighted by Gasteiger charge is -1.99. The molecule has 1 aromatic heterocycles. The summed E-state index contributed by atoms with van der Waals surface area (Å²) in [6, 6.07) is 10.1. The van der Waals surface area contributed by atoms with E-state index in [4.69, 9.17) is 11.6 Å². The van der Waals surface area contributed by atoms with E-state index in [2.05, 4.69) is 17.1 Å². The fourth-order valence-corrected chi connectivity index (χ4v) is 1.53. The fourth-order valence-electron chi connectivity index (χ4n) is 1.44. The average Bonchev–Trinajstić information content (AvgIpc) is 2.26. The molecule has 14 heavy (non-hydrogen) atoms. The van der Waals surface area contributed by atoms with Crippen LogP contribution in [0.3, 0.4) is 0 Å². The first-order chi connectivity index (χ1) is 6.92. The van der Waals surface area contributed by atoms with Gasteiger partial charge in [-0.05, 0) is 17.7 Å². The molecule has 0 aliphatic heterocycles. The Kier molecular flexibility index (Phi) is 2.80. The first-order valence-corrected chi connectivity index (χ1v) is 5.01. The Labute approximate surface area is 88.0 Å². The maximum Gasteiger partial charge on any atom is 0.0707 e. The number of nitrogens with zero attached hydrogens (tertiary/aromatic N) is 1. The van der Waals surface area contributed by atoms with E-state index >= 15 is 0 Å². The summed E-state index contributed by atoms with van der Waals surface area (Å²) in [7, 11) is 0. The smallest absolute Gasteiger partial charge is 0.0707 e. The second kappa shape index (κ2) is 4.25. The fraction of sp³-hybridized carbons (Fsp3) is 0.0833. The molecular formula is C12H10ClN. The average molecular weight is 204 g/mol. The molecule has 0 spiro atoms. The largest absolute Gasteiger partial charge is 0.256 e. The minimum atomic E-state index is 0.538. The lowest BCUT2D eigenvalue weighted by Crippen LogP contribution is -1.80. The predicted molar refractivity (Wildman–Crippen MR) is 61.5 cm³/mol. The van der Waals surface area contributed by atoms with Crippen molar-refractivity contribution in [2.45, 2.75) is 0 Å². The van der Waals surface area contributed by atoms with Crippen molar-refractivity contribution in [3.8, 4) is 0 Å². The molecule has 0 radical (unpaired) electrons. The molecule has 0 aliphatic rings. The highest BCUT2D eigenvalue weighted by Crippen LogP contribution is 2.17. The number of fused-ring (bicyclic) bond motifs is 1. The standard InChI is InChI=1S/C12H10ClN/c13-8-2-5-10-4-1-7-12-11(10)6-3-9-14-12/h1-7,9H,8H2. The molecule has 2 heteroatoms. The number of rotatable bonds is 2. The van der Waals surface area contributed by atoms with E-state index in [0.717, 1.165) is 16.5 Å². The molecule has 0 N–H and O–H groups in total. The van der Waals surface area contributed by atoms with Crippen molar-refractivity contribution in [2.24, 2.45) is 0 Å². The molecule has 1 aromatic carbocycles. The van der Waals surface area contributed by atoms with Crippen LogP contribution in [-0.4, -0.2) is 10.9 Å². The van der Waals surface area contributed by atoms with Gasteiger partial charge in [-0.15, -0.1) is 11.6 Å². The highest BCUT2D eigenvalue weighted by molar-refractivity contribution is 6.19. The third kappa shape index (κ3) is 1.78. The van der Waals surface area contributed by atoms with E-state index in [1.165, 1.54) is 0 Å². The van der Waals surface area contributed by atoms with E-state index in [9.17, 15) is 0 Å². The molecule has 2 rings (SSSR count). The van der Waals surface area contributed by atoms with Crippen molar-refractivity contribution in [1.29, 1.82) is 0 Å². The summed E-state index contributed by atoms with van der Waals surface area (Å²) in [5.74, 6) is 0.538. The summed E-state index contributed by atoms with van der Waals surface area (Å²) in [6.45, 7) is 0. The molecule has 70 valence electrons. The SMILES string of the molecule is ClCC=Cc1cccc2ncccc12. The Morgan fingerprint density at radius 2 is 2.14 bits per heavy atom. The van der Waals surface area contributed by atoms with Crippen LogP contribution in [0, 0.1) is 0 Å². The number of hydrogen-bond acceptors (Lipinski definition) is 1. The second-order valence-electron chi connectivity index (χ2n) is 2.97. The summed E-state index contributed by atoms with van der Waals surface area (Å²) in [5, 5.41) is 1.16. The van der Waals surface area contributed by atoms with E-state index in [1.54, 1.807) is 6.20 Å². The molecule has 0 amide bonds. The van der Waals surface area contributed by atoms with Crippen molar-refractivity contribution in [2.75, 3.05) is 5.88 Å². The van der Waals surface area contributed by atoms with Gasteiger partial charge < -0.3 is 0 Å². The minimum absolute atomic E-state index is 0.538. The lowest BCUT2D eigenvalue weighted by molar-refractivity contribution is 1.41. The van der Waals surface area contributed by atoms with Crippen LogP contribution in [0.15, 0.2) is 42.6 Å². The van der Waals surface area contributed by atoms with Gasteiger partial charge in [0.2, 0.25) is 0 Å². The van der Waals surface area contributed by atoms with Crippen LogP contribution in [0.2, 0.25) is 0 Å². The van der Waals surface area contributed by atoms with E-state index in [0.29, 0.717) is 5.88 Å². The Hall–Kier alpha value is -1.34. The third-order valence-corrected chi connectivity index (χ3v) is 2.24. The topological polar surface area (TPSA) is 12.9 Å². The third-order valence-electron chi connectivity index (χ3n) is 2.07. The number of hydrogen-bond donors (Lipinski definition) is 0. The van der Waals surface area contributed by atoms with Gasteiger partial charge in [-0.3, -0.25) is 4.98 Å². The molecule has 1 heterocycles. The second-order valence-corrected chi connectivity index (χ2v) is 3.28. The van der Waals surface area contributed by atoms with Crippen LogP contribution in [0.5, 0.6) is 0 Å². The summed E-state index contributed by atoms with van der Waals surface area (Å²) in [6.07, 6.45) is 5.76. The van der Waals surface area contributed by atoms with Crippen LogP contribution in [0.1, 0.15) is 5.56 Å². The zero-order valence-electron chi connectivity index (χ0n) is 7.65. The Morgan fingerprint density at radius 1 is 1.21 bits per heavy atom. The van der Waals surface area contributed by atoms with Crippen molar-refractivity contribution in [3.05, 3.63) is 48.2 Å². The molecule has 0 aliphatic carbocycles. The first-order valence-electron chi connectivity index (χ1n) is 4.48. The van der Waals surface area contributed by atoms with E-state index in [-0.39, 0.29) is 0 Å². The van der Waals surface area contributed by atoms with Crippen LogP contribution in [0.25, 0.3) is 17.0 Å². The predicted octanol–water partition coefficient (Wildman–Crippen LogP) is 3.49. The normalized spacial score (nSPS) is 11.2. The molecule has 1 nitrogen and oxygen atoms in total. The summed E-state index contributed by atoms with van der Waals surface area (Å²) in [4.78, 5) is 4.28. The summed E-state index contributed by atoms with van der Waals surface area (Å²) < 4.78 is 0. The Morgan fingerprint density at radius 3 is 3.00 bits per heavy atom. The van der Waals surface area contributed by atoms with Crippen LogP contribution in [-0.2, 0) is 0 Å². The van der Waals surface area contributed by atoms with Crippen molar-refractivity contribution < 1.29 is 0 Å². The Bertz CT molecular complexity index is 457. The molecule has 0 saturated carbocycles. The van der Waals surface area contributed by atoms with Crippen LogP contribution in [0.4, 0.5) is 0 Å². The van der Waals surface area contributed by atoms with Gasteiger partial charge in [-0.2, -0.15) is 0 Å². The molecule has 0 bridgehead atoms. The maximum absolute atomic E-state index is 5.60. The first kappa shape index (κ1) is 9.22. The van der Waals surface area contributed by atoms with Crippen molar-refractivity contribution in [3.63, 3.8) is 0 Å². The van der Waals surface area contributed by atoms with Crippen molar-refractivity contribution in [1.82, 2.24) is 4.98 Å². The van der Waals surface area contributed by atoms with Gasteiger partial charge in [0, 0.05) is 17.5 Å². The van der Waals surface area contributed by atoms with E-state index in [1.807, 2.05) is 30.4 Å². The zero-order chi connectivity index (χ0) is 9.80. The molecular weight excluding hydrogens is 194 g/mol. The summed E-state index contributed by atoms with van der Waals surface area (Å²) >= 11 is 5.60. The Balaban J connectivity index is 2.59. The van der Waals surface area contributed by atoms with Gasteiger partial charge in [-0.1, -0.05) is 30.4 Å². The van der Waals surface area contributed by atoms with E-state index < -0.39 is 0 Å². The molecule has 0 atom stereocenters. The monoisotopic (exact) mass is 203 g/mol. The number of allylic oxidation sites excluding steroid dienone is 1. The van der Waals surface area contributed by atoms with Gasteiger partial charge in [0.1, 0.15) is 0 Å². The molecule has 0 fully saturated rings. The number of aromatic nitrogens is 1. The molecule has 2 aromatic rings. The quantitative estimate of drug-likeness (QED) is 0.681. The zero-order valence-corrected chi connectivity index (χ0v) is 8.41. The highest BCUT2D eigenvalue weighted by atomic mass is 35.5. The van der Waals surface area contributed by atoms with Crippen LogP contribution < -0.4 is 0 Å². The lowest BCUT2D eigenvalue weighted by atomic mass is 10.1. The highest BCUT2D eigenvalue weighted by Gasteiger charge is 1.96. The number of benzene rings is 1. The maximum atomic E-state index is 5.60. The van der Waals surface area contributed by atoms with Gasteiger partial charge in [-0.25, -0.2) is 0 Å². The number of pyridine rings is 1. The van der Waals surface area contributed by atoms with Gasteiger partial charge in [0.05, 0.1) is 5.52 Å².